The number of nitrogens with one attached hydrogen (secondary N) is 1. The number of anilines is 1. The van der Waals surface area contributed by atoms with Crippen LogP contribution in [-0.4, -0.2) is 72.7 Å². The van der Waals surface area contributed by atoms with Gasteiger partial charge in [0, 0.05) is 56.9 Å². The van der Waals surface area contributed by atoms with E-state index in [1.165, 1.54) is 10.5 Å². The van der Waals surface area contributed by atoms with Crippen molar-refractivity contribution in [1.82, 2.24) is 29.7 Å². The second-order valence-electron chi connectivity index (χ2n) is 9.00. The Kier molecular flexibility index (Phi) is 6.34. The van der Waals surface area contributed by atoms with Crippen LogP contribution in [0, 0.1) is 0 Å². The first kappa shape index (κ1) is 22.5. The number of fused-ring (bicyclic) bond motifs is 1. The van der Waals surface area contributed by atoms with Gasteiger partial charge < -0.3 is 15.0 Å². The highest BCUT2D eigenvalue weighted by Gasteiger charge is 2.28. The lowest BCUT2D eigenvalue weighted by atomic mass is 10.1. The number of halogens is 1. The van der Waals surface area contributed by atoms with E-state index in [4.69, 9.17) is 0 Å². The number of aromatic nitrogens is 4. The van der Waals surface area contributed by atoms with Crippen molar-refractivity contribution < 1.29 is 9.90 Å². The average Bonchev–Trinajstić information content (AvgIpc) is 3.15. The molecule has 0 atom stereocenters. The number of aromatic amines is 1. The van der Waals surface area contributed by atoms with E-state index >= 15 is 0 Å². The number of imidazole rings is 1. The number of hydrogen-bond acceptors (Lipinski definition) is 6. The molecule has 1 aliphatic rings. The summed E-state index contributed by atoms with van der Waals surface area (Å²) in [5.74, 6) is 0.583. The highest BCUT2D eigenvalue weighted by atomic mass is 79.9. The number of nitrogens with zero attached hydrogens (tertiary/aromatic N) is 6. The van der Waals surface area contributed by atoms with Crippen LogP contribution in [0.2, 0.25) is 0 Å². The lowest BCUT2D eigenvalue weighted by Gasteiger charge is -2.36. The molecule has 0 aromatic carbocycles. The van der Waals surface area contributed by atoms with Crippen molar-refractivity contribution in [2.24, 2.45) is 0 Å². The molecule has 1 amide bonds. The van der Waals surface area contributed by atoms with Crippen molar-refractivity contribution in [3.05, 3.63) is 46.6 Å². The molecule has 1 aliphatic heterocycles. The largest absolute Gasteiger partial charge is 0.465 e. The predicted molar refractivity (Wildman–Crippen MR) is 127 cm³/mol. The highest BCUT2D eigenvalue weighted by Crippen LogP contribution is 2.33. The third-order valence-corrected chi connectivity index (χ3v) is 6.24. The Morgan fingerprint density at radius 2 is 2.00 bits per heavy atom. The number of amides is 1. The third-order valence-electron chi connectivity index (χ3n) is 5.66. The van der Waals surface area contributed by atoms with Crippen LogP contribution >= 0.6 is 15.9 Å². The van der Waals surface area contributed by atoms with Crippen molar-refractivity contribution >= 4 is 38.9 Å². The minimum atomic E-state index is -0.975. The van der Waals surface area contributed by atoms with E-state index in [2.05, 4.69) is 51.7 Å². The van der Waals surface area contributed by atoms with E-state index in [0.29, 0.717) is 11.5 Å². The van der Waals surface area contributed by atoms with Gasteiger partial charge in [-0.25, -0.2) is 14.8 Å². The van der Waals surface area contributed by atoms with Gasteiger partial charge >= 0.3 is 6.09 Å². The maximum Gasteiger partial charge on any atom is 0.408 e. The van der Waals surface area contributed by atoms with Gasteiger partial charge in [-0.1, -0.05) is 6.07 Å². The molecule has 1 saturated heterocycles. The molecular weight excluding hydrogens is 474 g/mol. The number of carbonyl (C=O) groups is 1. The molecule has 0 bridgehead atoms. The maximum absolute atomic E-state index is 11.7. The molecule has 32 heavy (non-hydrogen) atoms. The molecule has 0 aliphatic carbocycles. The standard InChI is InChI=1S/C22H28BrN7O2/c1-22(2,3)30(21(31)32)14-17-26-18-19(16(23)12-25-20(18)27-17)29-9-7-28(8-10-29)13-15-5-4-6-24-11-15/h4-6,11-12H,7-10,13-14H2,1-3H3,(H,31,32)(H,25,26,27). The Balaban J connectivity index is 1.53. The number of H-pyrrole nitrogens is 1. The average molecular weight is 502 g/mol. The normalized spacial score (nSPS) is 15.3. The van der Waals surface area contributed by atoms with Crippen LogP contribution in [0.15, 0.2) is 35.2 Å². The predicted octanol–water partition coefficient (Wildman–Crippen LogP) is 3.72. The zero-order valence-corrected chi connectivity index (χ0v) is 20.1. The third kappa shape index (κ3) is 4.86. The molecule has 170 valence electrons. The maximum atomic E-state index is 11.7. The van der Waals surface area contributed by atoms with Gasteiger partial charge in [0.25, 0.3) is 0 Å². The second kappa shape index (κ2) is 9.03. The molecule has 0 spiro atoms. The van der Waals surface area contributed by atoms with Crippen LogP contribution in [0.1, 0.15) is 32.2 Å². The van der Waals surface area contributed by atoms with Crippen LogP contribution in [0.3, 0.4) is 0 Å². The summed E-state index contributed by atoms with van der Waals surface area (Å²) in [4.78, 5) is 34.4. The summed E-state index contributed by atoms with van der Waals surface area (Å²) in [5, 5.41) is 9.62. The smallest absolute Gasteiger partial charge is 0.408 e. The summed E-state index contributed by atoms with van der Waals surface area (Å²) in [6, 6.07) is 4.07. The topological polar surface area (TPSA) is 101 Å². The monoisotopic (exact) mass is 501 g/mol. The van der Waals surface area contributed by atoms with E-state index in [-0.39, 0.29) is 6.54 Å². The highest BCUT2D eigenvalue weighted by molar-refractivity contribution is 9.10. The van der Waals surface area contributed by atoms with Crippen LogP contribution in [0.5, 0.6) is 0 Å². The Morgan fingerprint density at radius 1 is 1.25 bits per heavy atom. The fourth-order valence-electron chi connectivity index (χ4n) is 3.97. The van der Waals surface area contributed by atoms with Crippen LogP contribution < -0.4 is 4.90 Å². The first-order valence-corrected chi connectivity index (χ1v) is 11.4. The number of carboxylic acid groups (broad SMARTS) is 1. The van der Waals surface area contributed by atoms with Crippen molar-refractivity contribution in [1.29, 1.82) is 0 Å². The van der Waals surface area contributed by atoms with Gasteiger partial charge in [-0.15, -0.1) is 0 Å². The van der Waals surface area contributed by atoms with Crippen molar-refractivity contribution in [3.8, 4) is 0 Å². The Hall–Kier alpha value is -2.72. The molecule has 9 nitrogen and oxygen atoms in total. The fraction of sp³-hybridized carbons (Fsp3) is 0.455. The van der Waals surface area contributed by atoms with Gasteiger partial charge in [0.15, 0.2) is 5.65 Å². The van der Waals surface area contributed by atoms with Gasteiger partial charge in [0.2, 0.25) is 0 Å². The molecule has 3 aromatic rings. The second-order valence-corrected chi connectivity index (χ2v) is 9.86. The van der Waals surface area contributed by atoms with Gasteiger partial charge in [-0.05, 0) is 48.3 Å². The van der Waals surface area contributed by atoms with E-state index in [1.54, 1.807) is 12.4 Å². The molecule has 1 fully saturated rings. The van der Waals surface area contributed by atoms with E-state index < -0.39 is 11.6 Å². The summed E-state index contributed by atoms with van der Waals surface area (Å²) in [5.41, 5.74) is 3.12. The molecule has 10 heteroatoms. The number of piperazine rings is 1. The molecule has 0 saturated carbocycles. The minimum absolute atomic E-state index is 0.172. The zero-order valence-electron chi connectivity index (χ0n) is 18.5. The van der Waals surface area contributed by atoms with E-state index in [0.717, 1.165) is 48.4 Å². The summed E-state index contributed by atoms with van der Waals surface area (Å²) >= 11 is 3.66. The van der Waals surface area contributed by atoms with Crippen LogP contribution in [0.25, 0.3) is 11.2 Å². The zero-order chi connectivity index (χ0) is 22.9. The Bertz CT molecular complexity index is 1090. The number of rotatable bonds is 5. The van der Waals surface area contributed by atoms with Crippen molar-refractivity contribution in [2.45, 2.75) is 39.4 Å². The Morgan fingerprint density at radius 3 is 2.62 bits per heavy atom. The molecule has 2 N–H and O–H groups in total. The first-order chi connectivity index (χ1) is 15.2. The molecular formula is C22H28BrN7O2. The van der Waals surface area contributed by atoms with Gasteiger partial charge in [-0.3, -0.25) is 14.8 Å². The molecule has 3 aromatic heterocycles. The summed E-state index contributed by atoms with van der Waals surface area (Å²) in [7, 11) is 0. The molecule has 0 unspecified atom stereocenters. The summed E-state index contributed by atoms with van der Waals surface area (Å²) in [6.07, 6.45) is 4.50. The lowest BCUT2D eigenvalue weighted by Crippen LogP contribution is -2.46. The molecule has 4 heterocycles. The van der Waals surface area contributed by atoms with Gasteiger partial charge in [0.1, 0.15) is 11.3 Å². The van der Waals surface area contributed by atoms with Crippen LogP contribution in [-0.2, 0) is 13.1 Å². The SMILES string of the molecule is CC(C)(C)N(Cc1nc2ncc(Br)c(N3CCN(Cc4cccnc4)CC3)c2[nH]1)C(=O)O. The van der Waals surface area contributed by atoms with E-state index in [9.17, 15) is 9.90 Å². The number of hydrogen-bond donors (Lipinski definition) is 2. The van der Waals surface area contributed by atoms with Crippen molar-refractivity contribution in [2.75, 3.05) is 31.1 Å². The lowest BCUT2D eigenvalue weighted by molar-refractivity contribution is 0.0940. The minimum Gasteiger partial charge on any atom is -0.465 e. The van der Waals surface area contributed by atoms with E-state index in [1.807, 2.05) is 33.0 Å². The molecule has 4 rings (SSSR count). The molecule has 0 radical (unpaired) electrons. The number of pyridine rings is 2. The quantitative estimate of drug-likeness (QED) is 0.549. The van der Waals surface area contributed by atoms with Crippen LogP contribution in [0.4, 0.5) is 10.5 Å². The van der Waals surface area contributed by atoms with Gasteiger partial charge in [0.05, 0.1) is 16.7 Å². The van der Waals surface area contributed by atoms with Gasteiger partial charge in [-0.2, -0.15) is 0 Å². The fourth-order valence-corrected chi connectivity index (χ4v) is 4.53. The summed E-state index contributed by atoms with van der Waals surface area (Å²) < 4.78 is 0.895. The summed E-state index contributed by atoms with van der Waals surface area (Å²) in [6.45, 7) is 10.3. The Labute approximate surface area is 195 Å². The van der Waals surface area contributed by atoms with Crippen molar-refractivity contribution in [3.63, 3.8) is 0 Å². The first-order valence-electron chi connectivity index (χ1n) is 10.6.